The molecule has 6 heteroatoms. The molecule has 0 aliphatic rings. The molecule has 0 radical (unpaired) electrons. The van der Waals surface area contributed by atoms with E-state index >= 15 is 0 Å². The second-order valence-corrected chi connectivity index (χ2v) is 5.10. The average Bonchev–Trinajstić information content (AvgIpc) is 2.99. The van der Waals surface area contributed by atoms with Crippen molar-refractivity contribution in [1.82, 2.24) is 10.3 Å². The molecule has 0 aliphatic heterocycles. The Morgan fingerprint density at radius 2 is 1.96 bits per heavy atom. The monoisotopic (exact) mass is 305 g/mol. The molecule has 0 atom stereocenters. The molecular formula is C17H15N5O. The number of carbonyl (C=O) groups excluding carboxylic acids is 1. The number of hydrogen-bond acceptors (Lipinski definition) is 2. The van der Waals surface area contributed by atoms with Gasteiger partial charge in [-0.1, -0.05) is 35.4 Å². The molecule has 2 N–H and O–H groups in total. The molecule has 3 rings (SSSR count). The summed E-state index contributed by atoms with van der Waals surface area (Å²) < 4.78 is 0. The van der Waals surface area contributed by atoms with Crippen LogP contribution in [0.4, 0.5) is 5.69 Å². The first-order valence-corrected chi connectivity index (χ1v) is 7.26. The van der Waals surface area contributed by atoms with E-state index in [4.69, 9.17) is 5.53 Å². The number of nitrogens with zero attached hydrogens (tertiary/aromatic N) is 3. The summed E-state index contributed by atoms with van der Waals surface area (Å²) in [5.41, 5.74) is 11.7. The molecule has 3 aromatic rings. The van der Waals surface area contributed by atoms with Gasteiger partial charge in [0.25, 0.3) is 5.91 Å². The number of nitrogens with one attached hydrogen (secondary N) is 2. The molecule has 0 aliphatic carbocycles. The van der Waals surface area contributed by atoms with Crippen LogP contribution in [0.15, 0.2) is 59.8 Å². The zero-order chi connectivity index (χ0) is 16.1. The summed E-state index contributed by atoms with van der Waals surface area (Å²) in [7, 11) is 0. The standard InChI is InChI=1S/C17H15N5O/c18-22-21-14-7-5-12(6-8-14)17(23)19-10-9-13-11-20-16-4-2-1-3-15(13)16/h1-8,11,20H,9-10H2,(H,19,23). The van der Waals surface area contributed by atoms with Crippen molar-refractivity contribution in [3.05, 3.63) is 76.3 Å². The lowest BCUT2D eigenvalue weighted by atomic mass is 10.1. The van der Waals surface area contributed by atoms with E-state index in [1.165, 1.54) is 10.9 Å². The van der Waals surface area contributed by atoms with Gasteiger partial charge in [-0.3, -0.25) is 4.79 Å². The Balaban J connectivity index is 1.59. The second kappa shape index (κ2) is 6.68. The molecule has 0 spiro atoms. The van der Waals surface area contributed by atoms with Gasteiger partial charge >= 0.3 is 0 Å². The van der Waals surface area contributed by atoms with Crippen LogP contribution in [0.1, 0.15) is 15.9 Å². The summed E-state index contributed by atoms with van der Waals surface area (Å²) in [6, 6.07) is 14.6. The van der Waals surface area contributed by atoms with Crippen LogP contribution in [-0.4, -0.2) is 17.4 Å². The molecule has 0 unspecified atom stereocenters. The van der Waals surface area contributed by atoms with E-state index in [1.807, 2.05) is 24.4 Å². The molecular weight excluding hydrogens is 290 g/mol. The number of H-pyrrole nitrogens is 1. The van der Waals surface area contributed by atoms with Crippen molar-refractivity contribution >= 4 is 22.5 Å². The SMILES string of the molecule is [N-]=[N+]=Nc1ccc(C(=O)NCCc2c[nH]c3ccccc23)cc1. The van der Waals surface area contributed by atoms with Crippen molar-refractivity contribution in [2.24, 2.45) is 5.11 Å². The lowest BCUT2D eigenvalue weighted by Crippen LogP contribution is -2.25. The number of azide groups is 1. The van der Waals surface area contributed by atoms with Crippen LogP contribution in [0.25, 0.3) is 21.3 Å². The minimum Gasteiger partial charge on any atom is -0.361 e. The summed E-state index contributed by atoms with van der Waals surface area (Å²) in [4.78, 5) is 18.0. The molecule has 1 heterocycles. The highest BCUT2D eigenvalue weighted by Gasteiger charge is 2.06. The van der Waals surface area contributed by atoms with Crippen LogP contribution < -0.4 is 5.32 Å². The van der Waals surface area contributed by atoms with Crippen LogP contribution in [0, 0.1) is 0 Å². The zero-order valence-corrected chi connectivity index (χ0v) is 12.4. The van der Waals surface area contributed by atoms with Crippen LogP contribution in [0.3, 0.4) is 0 Å². The first kappa shape index (κ1) is 14.7. The third-order valence-corrected chi connectivity index (χ3v) is 3.64. The summed E-state index contributed by atoms with van der Waals surface area (Å²) in [6.45, 7) is 0.554. The number of fused-ring (bicyclic) bond motifs is 1. The number of para-hydroxylation sites is 1. The van der Waals surface area contributed by atoms with Gasteiger partial charge in [0, 0.05) is 39.8 Å². The fourth-order valence-electron chi connectivity index (χ4n) is 2.48. The number of carbonyl (C=O) groups is 1. The van der Waals surface area contributed by atoms with Gasteiger partial charge in [-0.25, -0.2) is 0 Å². The Hall–Kier alpha value is -3.24. The van der Waals surface area contributed by atoms with Crippen molar-refractivity contribution in [2.75, 3.05) is 6.54 Å². The minimum absolute atomic E-state index is 0.141. The molecule has 2 aromatic carbocycles. The lowest BCUT2D eigenvalue weighted by Gasteiger charge is -2.05. The maximum atomic E-state index is 12.1. The van der Waals surface area contributed by atoms with E-state index in [1.54, 1.807) is 24.3 Å². The number of aromatic nitrogens is 1. The van der Waals surface area contributed by atoms with Crippen LogP contribution in [0.5, 0.6) is 0 Å². The Morgan fingerprint density at radius 3 is 2.74 bits per heavy atom. The van der Waals surface area contributed by atoms with E-state index < -0.39 is 0 Å². The fourth-order valence-corrected chi connectivity index (χ4v) is 2.48. The van der Waals surface area contributed by atoms with E-state index in [0.717, 1.165) is 11.9 Å². The Morgan fingerprint density at radius 1 is 1.17 bits per heavy atom. The first-order valence-electron chi connectivity index (χ1n) is 7.26. The normalized spacial score (nSPS) is 10.3. The van der Waals surface area contributed by atoms with Crippen LogP contribution >= 0.6 is 0 Å². The topological polar surface area (TPSA) is 93.7 Å². The number of benzene rings is 2. The molecule has 0 saturated carbocycles. The van der Waals surface area contributed by atoms with E-state index in [2.05, 4.69) is 26.4 Å². The maximum Gasteiger partial charge on any atom is 0.251 e. The molecule has 1 aromatic heterocycles. The quantitative estimate of drug-likeness (QED) is 0.415. The fraction of sp³-hybridized carbons (Fsp3) is 0.118. The summed E-state index contributed by atoms with van der Waals surface area (Å²) in [5, 5.41) is 7.56. The number of hydrogen-bond donors (Lipinski definition) is 2. The number of rotatable bonds is 5. The second-order valence-electron chi connectivity index (χ2n) is 5.10. The third-order valence-electron chi connectivity index (χ3n) is 3.64. The van der Waals surface area contributed by atoms with Crippen molar-refractivity contribution in [1.29, 1.82) is 0 Å². The van der Waals surface area contributed by atoms with Crippen LogP contribution in [-0.2, 0) is 6.42 Å². The van der Waals surface area contributed by atoms with Crippen LogP contribution in [0.2, 0.25) is 0 Å². The Bertz CT molecular complexity index is 875. The maximum absolute atomic E-state index is 12.1. The number of amides is 1. The van der Waals surface area contributed by atoms with Gasteiger partial charge in [0.2, 0.25) is 0 Å². The Kier molecular flexibility index (Phi) is 4.27. The molecule has 0 fully saturated rings. The summed E-state index contributed by atoms with van der Waals surface area (Å²) >= 11 is 0. The zero-order valence-electron chi connectivity index (χ0n) is 12.4. The lowest BCUT2D eigenvalue weighted by molar-refractivity contribution is 0.0954. The van der Waals surface area contributed by atoms with E-state index in [0.29, 0.717) is 17.8 Å². The van der Waals surface area contributed by atoms with Crippen molar-refractivity contribution in [2.45, 2.75) is 6.42 Å². The smallest absolute Gasteiger partial charge is 0.251 e. The predicted molar refractivity (Wildman–Crippen MR) is 89.6 cm³/mol. The third kappa shape index (κ3) is 3.33. The highest BCUT2D eigenvalue weighted by molar-refractivity contribution is 5.94. The molecule has 1 amide bonds. The molecule has 114 valence electrons. The Labute approximate surface area is 132 Å². The predicted octanol–water partition coefficient (Wildman–Crippen LogP) is 4.08. The highest BCUT2D eigenvalue weighted by atomic mass is 16.1. The molecule has 6 nitrogen and oxygen atoms in total. The first-order chi connectivity index (χ1) is 11.3. The van der Waals surface area contributed by atoms with Gasteiger partial charge in [-0.05, 0) is 35.7 Å². The van der Waals surface area contributed by atoms with Crippen molar-refractivity contribution < 1.29 is 4.79 Å². The average molecular weight is 305 g/mol. The summed E-state index contributed by atoms with van der Waals surface area (Å²) in [5.74, 6) is -0.141. The van der Waals surface area contributed by atoms with Gasteiger partial charge in [-0.15, -0.1) is 0 Å². The van der Waals surface area contributed by atoms with Gasteiger partial charge in [0.15, 0.2) is 0 Å². The van der Waals surface area contributed by atoms with Crippen molar-refractivity contribution in [3.8, 4) is 0 Å². The molecule has 23 heavy (non-hydrogen) atoms. The molecule has 0 bridgehead atoms. The van der Waals surface area contributed by atoms with Gasteiger partial charge in [-0.2, -0.15) is 0 Å². The largest absolute Gasteiger partial charge is 0.361 e. The van der Waals surface area contributed by atoms with Gasteiger partial charge in [0.1, 0.15) is 0 Å². The highest BCUT2D eigenvalue weighted by Crippen LogP contribution is 2.18. The summed E-state index contributed by atoms with van der Waals surface area (Å²) in [6.07, 6.45) is 2.73. The van der Waals surface area contributed by atoms with E-state index in [-0.39, 0.29) is 5.91 Å². The number of aromatic amines is 1. The van der Waals surface area contributed by atoms with Crippen molar-refractivity contribution in [3.63, 3.8) is 0 Å². The minimum atomic E-state index is -0.141. The van der Waals surface area contributed by atoms with Gasteiger partial charge < -0.3 is 10.3 Å². The van der Waals surface area contributed by atoms with Gasteiger partial charge in [0.05, 0.1) is 0 Å². The van der Waals surface area contributed by atoms with E-state index in [9.17, 15) is 4.79 Å². The molecule has 0 saturated heterocycles.